The molecule has 7 aliphatic rings. The highest BCUT2D eigenvalue weighted by atomic mass is 16.6. The monoisotopic (exact) mass is 441 g/mol. The molecule has 0 N–H and O–H groups in total. The standard InChI is InChI=1S/C28H27NO4/c1-14(30)32-25(16-10-6-3-7-11-16)27(31)29(13-15-8-4-2-5-9-15)28-23-18-12-17-19-20(18)24(28)22(19)26(33-28)21(17)23/h2-11,17-26H,12-13H2,1H3/t17-,18+,19-,20+,21-,22-,23-,24-,25-,26-,28+/m1/s1. The SMILES string of the molecule is CC(=O)O[C@@H](C(=O)N(Cc1ccccc1)[C@@]12O[C@H]3[C@@H]4[C@@H]5[C@H]6C[C@@H]([C@@H]5[C@H]41)[C@@H]2[C@@H]63)c1ccccc1. The van der Waals surface area contributed by atoms with E-state index in [2.05, 4.69) is 12.1 Å². The molecule has 0 aromatic heterocycles. The van der Waals surface area contributed by atoms with Crippen LogP contribution in [0.2, 0.25) is 0 Å². The van der Waals surface area contributed by atoms with E-state index in [0.29, 0.717) is 47.8 Å². The summed E-state index contributed by atoms with van der Waals surface area (Å²) in [5.74, 6) is 4.63. The van der Waals surface area contributed by atoms with E-state index < -0.39 is 17.8 Å². The lowest BCUT2D eigenvalue weighted by molar-refractivity contribution is -0.190. The maximum Gasteiger partial charge on any atom is 0.303 e. The molecule has 2 saturated heterocycles. The molecule has 0 unspecified atom stereocenters. The molecular weight excluding hydrogens is 414 g/mol. The number of hydrogen-bond acceptors (Lipinski definition) is 4. The summed E-state index contributed by atoms with van der Waals surface area (Å²) in [6, 6.07) is 19.6. The van der Waals surface area contributed by atoms with Gasteiger partial charge in [-0.3, -0.25) is 9.59 Å². The first kappa shape index (κ1) is 18.7. The van der Waals surface area contributed by atoms with E-state index in [9.17, 15) is 9.59 Å². The van der Waals surface area contributed by atoms with Gasteiger partial charge in [0.25, 0.3) is 5.91 Å². The molecule has 2 aliphatic heterocycles. The van der Waals surface area contributed by atoms with E-state index in [0.717, 1.165) is 23.3 Å². The van der Waals surface area contributed by atoms with Crippen LogP contribution in [0.3, 0.4) is 0 Å². The molecule has 5 heteroatoms. The summed E-state index contributed by atoms with van der Waals surface area (Å²) in [4.78, 5) is 28.5. The van der Waals surface area contributed by atoms with Gasteiger partial charge in [0, 0.05) is 30.9 Å². The Balaban J connectivity index is 1.25. The minimum Gasteiger partial charge on any atom is -0.447 e. The van der Waals surface area contributed by atoms with Gasteiger partial charge in [0.2, 0.25) is 6.10 Å². The molecule has 5 aliphatic carbocycles. The van der Waals surface area contributed by atoms with Gasteiger partial charge < -0.3 is 14.4 Å². The van der Waals surface area contributed by atoms with E-state index in [-0.39, 0.29) is 5.91 Å². The van der Waals surface area contributed by atoms with Crippen LogP contribution in [0.5, 0.6) is 0 Å². The third-order valence-electron chi connectivity index (χ3n) is 10.1. The van der Waals surface area contributed by atoms with Crippen LogP contribution in [0.25, 0.3) is 0 Å². The van der Waals surface area contributed by atoms with Gasteiger partial charge in [0.1, 0.15) is 0 Å². The lowest BCUT2D eigenvalue weighted by atomic mass is 9.58. The smallest absolute Gasteiger partial charge is 0.303 e. The highest BCUT2D eigenvalue weighted by molar-refractivity contribution is 5.85. The first-order valence-electron chi connectivity index (χ1n) is 12.4. The topological polar surface area (TPSA) is 55.8 Å². The minimum absolute atomic E-state index is 0.145. The Morgan fingerprint density at radius 1 is 0.970 bits per heavy atom. The van der Waals surface area contributed by atoms with E-state index in [1.807, 2.05) is 53.4 Å². The molecule has 0 spiro atoms. The van der Waals surface area contributed by atoms with Crippen LogP contribution >= 0.6 is 0 Å². The largest absolute Gasteiger partial charge is 0.447 e. The Bertz CT molecular complexity index is 1160. The Kier molecular flexibility index (Phi) is 3.44. The third-order valence-corrected chi connectivity index (χ3v) is 10.1. The Labute approximate surface area is 193 Å². The molecule has 5 nitrogen and oxygen atoms in total. The third kappa shape index (κ3) is 2.01. The summed E-state index contributed by atoms with van der Waals surface area (Å²) in [7, 11) is 0. The molecule has 2 aromatic rings. The molecule has 5 saturated carbocycles. The molecule has 2 heterocycles. The van der Waals surface area contributed by atoms with E-state index in [4.69, 9.17) is 9.47 Å². The van der Waals surface area contributed by atoms with Crippen molar-refractivity contribution in [3.05, 3.63) is 71.8 Å². The highest BCUT2D eigenvalue weighted by Crippen LogP contribution is 2.90. The van der Waals surface area contributed by atoms with E-state index >= 15 is 0 Å². The Hall–Kier alpha value is -2.66. The van der Waals surface area contributed by atoms with Gasteiger partial charge in [-0.1, -0.05) is 60.7 Å². The molecule has 168 valence electrons. The van der Waals surface area contributed by atoms with Gasteiger partial charge in [-0.15, -0.1) is 0 Å². The van der Waals surface area contributed by atoms with Crippen LogP contribution in [-0.2, 0) is 25.6 Å². The first-order chi connectivity index (χ1) is 16.1. The molecule has 0 radical (unpaired) electrons. The zero-order valence-corrected chi connectivity index (χ0v) is 18.5. The lowest BCUT2D eigenvalue weighted by Crippen LogP contribution is -2.60. The zero-order valence-electron chi connectivity index (χ0n) is 18.5. The van der Waals surface area contributed by atoms with Crippen LogP contribution in [0.4, 0.5) is 0 Å². The summed E-state index contributed by atoms with van der Waals surface area (Å²) in [6.45, 7) is 1.86. The van der Waals surface area contributed by atoms with Crippen molar-refractivity contribution in [2.24, 2.45) is 47.3 Å². The van der Waals surface area contributed by atoms with Gasteiger partial charge in [0.05, 0.1) is 6.10 Å². The van der Waals surface area contributed by atoms with Gasteiger partial charge in [0.15, 0.2) is 5.72 Å². The molecule has 11 atom stereocenters. The van der Waals surface area contributed by atoms with Crippen molar-refractivity contribution >= 4 is 11.9 Å². The number of ether oxygens (including phenoxy) is 2. The molecule has 33 heavy (non-hydrogen) atoms. The Morgan fingerprint density at radius 2 is 1.70 bits per heavy atom. The first-order valence-corrected chi connectivity index (χ1v) is 12.4. The molecule has 2 aromatic carbocycles. The predicted molar refractivity (Wildman–Crippen MR) is 118 cm³/mol. The summed E-state index contributed by atoms with van der Waals surface area (Å²) in [6.07, 6.45) is 0.707. The van der Waals surface area contributed by atoms with Gasteiger partial charge in [-0.05, 0) is 47.5 Å². The van der Waals surface area contributed by atoms with Gasteiger partial charge in [-0.2, -0.15) is 0 Å². The number of amides is 1. The summed E-state index contributed by atoms with van der Waals surface area (Å²) >= 11 is 0. The van der Waals surface area contributed by atoms with Gasteiger partial charge >= 0.3 is 5.97 Å². The molecule has 9 rings (SSSR count). The van der Waals surface area contributed by atoms with Crippen molar-refractivity contribution in [3.63, 3.8) is 0 Å². The number of rotatable bonds is 6. The van der Waals surface area contributed by atoms with Crippen molar-refractivity contribution in [1.29, 1.82) is 0 Å². The van der Waals surface area contributed by atoms with E-state index in [1.54, 1.807) is 0 Å². The van der Waals surface area contributed by atoms with Crippen molar-refractivity contribution in [2.75, 3.05) is 0 Å². The van der Waals surface area contributed by atoms with Gasteiger partial charge in [-0.25, -0.2) is 0 Å². The molecule has 1 amide bonds. The fourth-order valence-electron chi connectivity index (χ4n) is 9.73. The van der Waals surface area contributed by atoms with Crippen LogP contribution in [0.15, 0.2) is 60.7 Å². The second kappa shape index (κ2) is 6.06. The maximum atomic E-state index is 14.4. The van der Waals surface area contributed by atoms with Crippen molar-refractivity contribution < 1.29 is 19.1 Å². The lowest BCUT2D eigenvalue weighted by Gasteiger charge is -2.49. The Morgan fingerprint density at radius 3 is 2.42 bits per heavy atom. The van der Waals surface area contributed by atoms with Crippen molar-refractivity contribution in [2.45, 2.75) is 37.8 Å². The fraction of sp³-hybridized carbons (Fsp3) is 0.500. The average Bonchev–Trinajstić information content (AvgIpc) is 3.51. The zero-order chi connectivity index (χ0) is 22.1. The quantitative estimate of drug-likeness (QED) is 0.640. The van der Waals surface area contributed by atoms with Crippen LogP contribution < -0.4 is 0 Å². The molecular formula is C28H27NO4. The van der Waals surface area contributed by atoms with Crippen molar-refractivity contribution in [1.82, 2.24) is 4.90 Å². The summed E-state index contributed by atoms with van der Waals surface area (Å²) in [5, 5.41) is 0. The normalized spacial score (nSPS) is 44.3. The van der Waals surface area contributed by atoms with Crippen LogP contribution in [0, 0.1) is 47.3 Å². The minimum atomic E-state index is -0.953. The highest BCUT2D eigenvalue weighted by Gasteiger charge is 2.94. The van der Waals surface area contributed by atoms with Crippen molar-refractivity contribution in [3.8, 4) is 0 Å². The number of carbonyl (C=O) groups is 2. The second-order valence-corrected chi connectivity index (χ2v) is 11.1. The predicted octanol–water partition coefficient (Wildman–Crippen LogP) is 3.80. The number of carbonyl (C=O) groups excluding carboxylic acids is 2. The average molecular weight is 442 g/mol. The van der Waals surface area contributed by atoms with Crippen LogP contribution in [0.1, 0.15) is 30.6 Å². The molecule has 4 bridgehead atoms. The maximum absolute atomic E-state index is 14.4. The molecule has 7 fully saturated rings. The van der Waals surface area contributed by atoms with Crippen LogP contribution in [-0.4, -0.2) is 28.6 Å². The van der Waals surface area contributed by atoms with E-state index in [1.165, 1.54) is 13.3 Å². The summed E-state index contributed by atoms with van der Waals surface area (Å²) < 4.78 is 12.7. The fourth-order valence-corrected chi connectivity index (χ4v) is 9.73. The summed E-state index contributed by atoms with van der Waals surface area (Å²) in [5.41, 5.74) is 1.27. The number of nitrogens with zero attached hydrogens (tertiary/aromatic N) is 1. The number of esters is 1. The number of benzene rings is 2. The number of hydrogen-bond donors (Lipinski definition) is 0. The second-order valence-electron chi connectivity index (χ2n) is 11.1.